The van der Waals surface area contributed by atoms with Gasteiger partial charge in [0.05, 0.1) is 55.7 Å². The zero-order valence-corrected chi connectivity index (χ0v) is 23.0. The molecule has 0 saturated carbocycles. The van der Waals surface area contributed by atoms with Gasteiger partial charge < -0.3 is 13.6 Å². The first-order valence-corrected chi connectivity index (χ1v) is 14.4. The molecule has 5 aromatic carbocycles. The lowest BCUT2D eigenvalue weighted by molar-refractivity contribution is 0.677. The van der Waals surface area contributed by atoms with Crippen molar-refractivity contribution >= 4 is 71.2 Å². The van der Waals surface area contributed by atoms with E-state index in [1.807, 2.05) is 12.1 Å². The summed E-state index contributed by atoms with van der Waals surface area (Å²) in [5.74, 6) is 0. The van der Waals surface area contributed by atoms with Gasteiger partial charge in [-0.15, -0.1) is 0 Å². The van der Waals surface area contributed by atoms with Crippen LogP contribution in [0.15, 0.2) is 114 Å². The van der Waals surface area contributed by atoms with Crippen molar-refractivity contribution < 1.29 is 4.42 Å². The van der Waals surface area contributed by atoms with E-state index < -0.39 is 0 Å². The summed E-state index contributed by atoms with van der Waals surface area (Å²) >= 11 is 0. The molecule has 0 spiro atoms. The summed E-state index contributed by atoms with van der Waals surface area (Å²) in [7, 11) is 0. The molecule has 3 aromatic heterocycles. The molecule has 0 atom stereocenters. The maximum atomic E-state index is 10.0. The normalized spacial score (nSPS) is 13.4. The van der Waals surface area contributed by atoms with E-state index in [2.05, 4.69) is 100 Å². The largest absolute Gasteiger partial charge is 0.455 e. The average Bonchev–Trinajstić information content (AvgIpc) is 3.72. The van der Waals surface area contributed by atoms with Crippen LogP contribution in [0, 0.1) is 22.7 Å². The van der Waals surface area contributed by atoms with Gasteiger partial charge in [-0.25, -0.2) is 0 Å². The smallest absolute Gasteiger partial charge is 0.145 e. The number of nitrogens with zero attached hydrogens (tertiary/aromatic N) is 4. The van der Waals surface area contributed by atoms with Crippen LogP contribution in [-0.4, -0.2) is 9.13 Å². The molecule has 3 heterocycles. The molecule has 0 bridgehead atoms. The van der Waals surface area contributed by atoms with Crippen LogP contribution in [0.25, 0.3) is 76.9 Å². The maximum Gasteiger partial charge on any atom is 0.145 e. The van der Waals surface area contributed by atoms with Crippen molar-refractivity contribution in [2.75, 3.05) is 0 Å². The molecular formula is C38H22N4O. The van der Waals surface area contributed by atoms with E-state index in [1.165, 1.54) is 5.70 Å². The predicted molar refractivity (Wildman–Crippen MR) is 173 cm³/mol. The Morgan fingerprint density at radius 3 is 1.88 bits per heavy atom. The molecule has 8 aromatic rings. The summed E-state index contributed by atoms with van der Waals surface area (Å²) in [4.78, 5) is 0. The van der Waals surface area contributed by atoms with E-state index in [-0.39, 0.29) is 0 Å². The molecule has 200 valence electrons. The SMILES string of the molecule is N#Cc1ccc(C#N)c(-n2c3ccccc3c3c4oc5c(ccc6c5c5ccccc5n6C5=CCCC=C5)c4ccc32)c1. The Hall–Kier alpha value is -6.04. The molecule has 0 radical (unpaired) electrons. The Balaban J connectivity index is 1.44. The third-order valence-corrected chi connectivity index (χ3v) is 8.80. The van der Waals surface area contributed by atoms with Crippen molar-refractivity contribution in [1.82, 2.24) is 9.13 Å². The fourth-order valence-corrected chi connectivity index (χ4v) is 6.98. The number of hydrogen-bond donors (Lipinski definition) is 0. The van der Waals surface area contributed by atoms with E-state index in [4.69, 9.17) is 4.42 Å². The molecule has 0 aliphatic heterocycles. The third-order valence-electron chi connectivity index (χ3n) is 8.80. The number of hydrogen-bond acceptors (Lipinski definition) is 3. The number of benzene rings is 5. The summed E-state index contributed by atoms with van der Waals surface area (Å²) in [5.41, 5.74) is 8.73. The van der Waals surface area contributed by atoms with Crippen molar-refractivity contribution in [3.8, 4) is 17.8 Å². The lowest BCUT2D eigenvalue weighted by atomic mass is 10.1. The predicted octanol–water partition coefficient (Wildman–Crippen LogP) is 9.73. The molecule has 1 aliphatic rings. The van der Waals surface area contributed by atoms with E-state index in [1.54, 1.807) is 18.2 Å². The molecule has 0 unspecified atom stereocenters. The van der Waals surface area contributed by atoms with E-state index in [0.29, 0.717) is 16.8 Å². The molecule has 0 fully saturated rings. The number of para-hydroxylation sites is 2. The number of allylic oxidation sites excluding steroid dienone is 4. The van der Waals surface area contributed by atoms with Crippen LogP contribution in [0.5, 0.6) is 0 Å². The first-order valence-electron chi connectivity index (χ1n) is 14.4. The topological polar surface area (TPSA) is 70.6 Å². The zero-order valence-electron chi connectivity index (χ0n) is 23.0. The number of rotatable bonds is 2. The van der Waals surface area contributed by atoms with Gasteiger partial charge in [-0.2, -0.15) is 10.5 Å². The highest BCUT2D eigenvalue weighted by Crippen LogP contribution is 2.45. The minimum Gasteiger partial charge on any atom is -0.455 e. The monoisotopic (exact) mass is 550 g/mol. The zero-order chi connectivity index (χ0) is 28.7. The quantitative estimate of drug-likeness (QED) is 0.215. The fourth-order valence-electron chi connectivity index (χ4n) is 6.98. The lowest BCUT2D eigenvalue weighted by Gasteiger charge is -2.11. The maximum absolute atomic E-state index is 10.0. The van der Waals surface area contributed by atoms with Gasteiger partial charge in [-0.1, -0.05) is 48.6 Å². The van der Waals surface area contributed by atoms with Crippen molar-refractivity contribution in [3.05, 3.63) is 120 Å². The lowest BCUT2D eigenvalue weighted by Crippen LogP contribution is -1.98. The summed E-state index contributed by atoms with van der Waals surface area (Å²) in [6.07, 6.45) is 8.86. The Bertz CT molecular complexity index is 2640. The minimum absolute atomic E-state index is 0.506. The molecule has 5 nitrogen and oxygen atoms in total. The van der Waals surface area contributed by atoms with Gasteiger partial charge >= 0.3 is 0 Å². The highest BCUT2D eigenvalue weighted by atomic mass is 16.3. The summed E-state index contributed by atoms with van der Waals surface area (Å²) in [5, 5.41) is 26.1. The first kappa shape index (κ1) is 23.6. The van der Waals surface area contributed by atoms with Crippen LogP contribution >= 0.6 is 0 Å². The highest BCUT2D eigenvalue weighted by molar-refractivity contribution is 6.29. The minimum atomic E-state index is 0.506. The van der Waals surface area contributed by atoms with Crippen molar-refractivity contribution in [2.45, 2.75) is 12.8 Å². The summed E-state index contributed by atoms with van der Waals surface area (Å²) < 4.78 is 11.4. The highest BCUT2D eigenvalue weighted by Gasteiger charge is 2.23. The molecule has 9 rings (SSSR count). The van der Waals surface area contributed by atoms with E-state index >= 15 is 0 Å². The van der Waals surface area contributed by atoms with E-state index in [0.717, 1.165) is 78.4 Å². The van der Waals surface area contributed by atoms with Crippen molar-refractivity contribution in [2.24, 2.45) is 0 Å². The molecule has 43 heavy (non-hydrogen) atoms. The number of aromatic nitrogens is 2. The second-order valence-electron chi connectivity index (χ2n) is 11.0. The molecular weight excluding hydrogens is 528 g/mol. The Kier molecular flexibility index (Phi) is 4.80. The van der Waals surface area contributed by atoms with Gasteiger partial charge in [0.25, 0.3) is 0 Å². The summed E-state index contributed by atoms with van der Waals surface area (Å²) in [6, 6.07) is 35.1. The van der Waals surface area contributed by atoms with Crippen LogP contribution in [0.2, 0.25) is 0 Å². The molecule has 0 amide bonds. The third kappa shape index (κ3) is 3.14. The van der Waals surface area contributed by atoms with E-state index in [9.17, 15) is 10.5 Å². The van der Waals surface area contributed by atoms with Crippen molar-refractivity contribution in [3.63, 3.8) is 0 Å². The average molecular weight is 551 g/mol. The Morgan fingerprint density at radius 1 is 0.605 bits per heavy atom. The second-order valence-corrected chi connectivity index (χ2v) is 11.0. The number of fused-ring (bicyclic) bond motifs is 11. The Labute approximate surface area is 246 Å². The van der Waals surface area contributed by atoms with Crippen molar-refractivity contribution in [1.29, 1.82) is 10.5 Å². The van der Waals surface area contributed by atoms with Gasteiger partial charge in [0.1, 0.15) is 17.2 Å². The Morgan fingerprint density at radius 2 is 1.26 bits per heavy atom. The van der Waals surface area contributed by atoms with Gasteiger partial charge in [0.15, 0.2) is 0 Å². The molecule has 0 saturated heterocycles. The molecule has 1 aliphatic carbocycles. The number of nitriles is 2. The van der Waals surface area contributed by atoms with Crippen LogP contribution in [0.3, 0.4) is 0 Å². The fraction of sp³-hybridized carbons (Fsp3) is 0.0526. The van der Waals surface area contributed by atoms with Gasteiger partial charge in [-0.3, -0.25) is 0 Å². The standard InChI is InChI=1S/C38H22N4O/c39-21-23-14-15-24(22-40)34(20-23)42-31-13-7-5-11-29(31)36-33(42)19-17-27-26-16-18-32-35(37(26)43-38(27)36)28-10-4-6-12-30(28)41(32)25-8-2-1-3-9-25/h2,4-20H,1,3H2. The second kappa shape index (κ2) is 8.73. The first-order chi connectivity index (χ1) is 21.3. The van der Waals surface area contributed by atoms with Crippen LogP contribution in [-0.2, 0) is 0 Å². The number of furan rings is 1. The van der Waals surface area contributed by atoms with Crippen LogP contribution in [0.4, 0.5) is 0 Å². The molecule has 0 N–H and O–H groups in total. The molecule has 5 heteroatoms. The van der Waals surface area contributed by atoms with Gasteiger partial charge in [-0.05, 0) is 73.5 Å². The summed E-state index contributed by atoms with van der Waals surface area (Å²) in [6.45, 7) is 0. The van der Waals surface area contributed by atoms with Crippen LogP contribution in [0.1, 0.15) is 24.0 Å². The van der Waals surface area contributed by atoms with Crippen LogP contribution < -0.4 is 0 Å². The van der Waals surface area contributed by atoms with Gasteiger partial charge in [0.2, 0.25) is 0 Å². The van der Waals surface area contributed by atoms with Gasteiger partial charge in [0, 0.05) is 27.2 Å².